The number of halogens is 1. The van der Waals surface area contributed by atoms with Gasteiger partial charge in [0.05, 0.1) is 12.7 Å². The molecule has 0 unspecified atom stereocenters. The quantitative estimate of drug-likeness (QED) is 0.831. The van der Waals surface area contributed by atoms with Crippen molar-refractivity contribution in [2.75, 3.05) is 6.61 Å². The first-order valence-corrected chi connectivity index (χ1v) is 7.22. The third-order valence-electron chi connectivity index (χ3n) is 3.08. The van der Waals surface area contributed by atoms with Crippen molar-refractivity contribution in [2.24, 2.45) is 5.92 Å². The monoisotopic (exact) mass is 285 g/mol. The summed E-state index contributed by atoms with van der Waals surface area (Å²) in [6, 6.07) is 0.467. The molecule has 0 bridgehead atoms. The molecule has 1 aromatic heterocycles. The van der Waals surface area contributed by atoms with Crippen LogP contribution in [0.4, 0.5) is 0 Å². The van der Waals surface area contributed by atoms with Crippen LogP contribution in [0.15, 0.2) is 0 Å². The predicted molar refractivity (Wildman–Crippen MR) is 72.7 cm³/mol. The number of aromatic nitrogens is 3. The second kappa shape index (κ2) is 6.89. The van der Waals surface area contributed by atoms with Gasteiger partial charge in [0.2, 0.25) is 5.28 Å². The number of hydrogen-bond acceptors (Lipinski definition) is 5. The van der Waals surface area contributed by atoms with Gasteiger partial charge >= 0.3 is 12.0 Å². The van der Waals surface area contributed by atoms with E-state index in [4.69, 9.17) is 21.1 Å². The maximum Gasteiger partial charge on any atom is 0.324 e. The second-order valence-corrected chi connectivity index (χ2v) is 5.49. The van der Waals surface area contributed by atoms with Gasteiger partial charge in [0.1, 0.15) is 0 Å². The summed E-state index contributed by atoms with van der Waals surface area (Å²) < 4.78 is 11.0. The van der Waals surface area contributed by atoms with Gasteiger partial charge in [-0.25, -0.2) is 0 Å². The molecule has 0 aliphatic heterocycles. The highest BCUT2D eigenvalue weighted by atomic mass is 35.5. The van der Waals surface area contributed by atoms with E-state index in [-0.39, 0.29) is 23.4 Å². The lowest BCUT2D eigenvalue weighted by Gasteiger charge is -2.21. The molecule has 0 atom stereocenters. The van der Waals surface area contributed by atoms with Crippen molar-refractivity contribution in [3.63, 3.8) is 0 Å². The fraction of sp³-hybridized carbons (Fsp3) is 0.769. The first-order valence-electron chi connectivity index (χ1n) is 6.84. The van der Waals surface area contributed by atoms with E-state index < -0.39 is 0 Å². The van der Waals surface area contributed by atoms with E-state index in [1.807, 2.05) is 13.8 Å². The van der Waals surface area contributed by atoms with Crippen molar-refractivity contribution in [1.82, 2.24) is 15.0 Å². The number of hydrogen-bond donors (Lipinski definition) is 0. The summed E-state index contributed by atoms with van der Waals surface area (Å²) in [6.07, 6.45) is 6.33. The van der Waals surface area contributed by atoms with Gasteiger partial charge in [-0.1, -0.05) is 19.3 Å². The Labute approximate surface area is 118 Å². The Kier molecular flexibility index (Phi) is 5.19. The molecule has 0 radical (unpaired) electrons. The fourth-order valence-corrected chi connectivity index (χ4v) is 2.33. The van der Waals surface area contributed by atoms with Crippen LogP contribution in [-0.2, 0) is 0 Å². The van der Waals surface area contributed by atoms with Crippen LogP contribution < -0.4 is 9.47 Å². The molecular weight excluding hydrogens is 266 g/mol. The molecule has 1 heterocycles. The van der Waals surface area contributed by atoms with Gasteiger partial charge in [-0.15, -0.1) is 4.98 Å². The summed E-state index contributed by atoms with van der Waals surface area (Å²) >= 11 is 5.83. The van der Waals surface area contributed by atoms with Crippen LogP contribution in [0.5, 0.6) is 12.0 Å². The first kappa shape index (κ1) is 14.3. The third-order valence-corrected chi connectivity index (χ3v) is 3.25. The highest BCUT2D eigenvalue weighted by Crippen LogP contribution is 2.24. The second-order valence-electron chi connectivity index (χ2n) is 5.15. The van der Waals surface area contributed by atoms with E-state index in [0.717, 1.165) is 0 Å². The van der Waals surface area contributed by atoms with Gasteiger partial charge in [-0.2, -0.15) is 9.97 Å². The lowest BCUT2D eigenvalue weighted by Crippen LogP contribution is -2.17. The van der Waals surface area contributed by atoms with Crippen LogP contribution in [0.25, 0.3) is 0 Å². The van der Waals surface area contributed by atoms with Crippen LogP contribution in [-0.4, -0.2) is 27.7 Å². The van der Waals surface area contributed by atoms with Gasteiger partial charge < -0.3 is 9.47 Å². The lowest BCUT2D eigenvalue weighted by atomic mass is 9.90. The molecule has 1 aliphatic carbocycles. The SMILES string of the molecule is CC(C)Oc1nc(Cl)nc(OCC2CCCCC2)n1. The Morgan fingerprint density at radius 2 is 1.79 bits per heavy atom. The summed E-state index contributed by atoms with van der Waals surface area (Å²) in [5.74, 6) is 0.596. The Bertz CT molecular complexity index is 409. The topological polar surface area (TPSA) is 57.1 Å². The van der Waals surface area contributed by atoms with Gasteiger partial charge in [-0.05, 0) is 44.2 Å². The molecule has 19 heavy (non-hydrogen) atoms. The molecule has 1 aromatic rings. The largest absolute Gasteiger partial charge is 0.463 e. The van der Waals surface area contributed by atoms with Crippen molar-refractivity contribution >= 4 is 11.6 Å². The Hall–Kier alpha value is -1.10. The molecule has 1 saturated carbocycles. The molecular formula is C13H20ClN3O2. The summed E-state index contributed by atoms with van der Waals surface area (Å²) in [6.45, 7) is 4.45. The smallest absolute Gasteiger partial charge is 0.324 e. The fourth-order valence-electron chi connectivity index (χ4n) is 2.19. The molecule has 0 saturated heterocycles. The number of ether oxygens (including phenoxy) is 2. The molecule has 5 nitrogen and oxygen atoms in total. The van der Waals surface area contributed by atoms with Crippen molar-refractivity contribution in [3.05, 3.63) is 5.28 Å². The first-order chi connectivity index (χ1) is 9.13. The summed E-state index contributed by atoms with van der Waals surface area (Å²) in [5.41, 5.74) is 0. The Morgan fingerprint density at radius 1 is 1.11 bits per heavy atom. The van der Waals surface area contributed by atoms with Gasteiger partial charge in [0.15, 0.2) is 0 Å². The van der Waals surface area contributed by atoms with E-state index in [2.05, 4.69) is 15.0 Å². The molecule has 106 valence electrons. The van der Waals surface area contributed by atoms with Crippen LogP contribution in [0.3, 0.4) is 0 Å². The van der Waals surface area contributed by atoms with Crippen molar-refractivity contribution in [3.8, 4) is 12.0 Å². The third kappa shape index (κ3) is 4.82. The maximum atomic E-state index is 5.83. The molecule has 6 heteroatoms. The zero-order chi connectivity index (χ0) is 13.7. The lowest BCUT2D eigenvalue weighted by molar-refractivity contribution is 0.184. The minimum absolute atomic E-state index is 0.00957. The van der Waals surface area contributed by atoms with Crippen LogP contribution in [0, 0.1) is 5.92 Å². The van der Waals surface area contributed by atoms with Crippen molar-refractivity contribution < 1.29 is 9.47 Å². The zero-order valence-corrected chi connectivity index (χ0v) is 12.2. The molecule has 0 amide bonds. The minimum atomic E-state index is -0.00957. The summed E-state index contributed by atoms with van der Waals surface area (Å²) in [4.78, 5) is 12.0. The molecule has 0 spiro atoms. The molecule has 1 fully saturated rings. The van der Waals surface area contributed by atoms with Crippen LogP contribution >= 0.6 is 11.6 Å². The van der Waals surface area contributed by atoms with Crippen LogP contribution in [0.1, 0.15) is 46.0 Å². The normalized spacial score (nSPS) is 16.6. The average molecular weight is 286 g/mol. The zero-order valence-electron chi connectivity index (χ0n) is 11.4. The highest BCUT2D eigenvalue weighted by Gasteiger charge is 2.15. The Morgan fingerprint density at radius 3 is 2.47 bits per heavy atom. The van der Waals surface area contributed by atoms with Gasteiger partial charge in [0, 0.05) is 0 Å². The molecule has 0 N–H and O–H groups in total. The van der Waals surface area contributed by atoms with E-state index >= 15 is 0 Å². The van der Waals surface area contributed by atoms with Crippen molar-refractivity contribution in [1.29, 1.82) is 0 Å². The molecule has 2 rings (SSSR count). The maximum absolute atomic E-state index is 5.83. The van der Waals surface area contributed by atoms with Crippen LogP contribution in [0.2, 0.25) is 5.28 Å². The van der Waals surface area contributed by atoms with E-state index in [9.17, 15) is 0 Å². The Balaban J connectivity index is 1.93. The summed E-state index contributed by atoms with van der Waals surface area (Å²) in [7, 11) is 0. The standard InChI is InChI=1S/C13H20ClN3O2/c1-9(2)19-13-16-11(14)15-12(17-13)18-8-10-6-4-3-5-7-10/h9-10H,3-8H2,1-2H3. The number of rotatable bonds is 5. The minimum Gasteiger partial charge on any atom is -0.463 e. The summed E-state index contributed by atoms with van der Waals surface area (Å²) in [5, 5.41) is 0.101. The highest BCUT2D eigenvalue weighted by molar-refractivity contribution is 6.28. The average Bonchev–Trinajstić information content (AvgIpc) is 2.36. The number of nitrogens with zero attached hydrogens (tertiary/aromatic N) is 3. The molecule has 1 aliphatic rings. The molecule has 0 aromatic carbocycles. The predicted octanol–water partition coefficient (Wildman–Crippen LogP) is 3.27. The van der Waals surface area contributed by atoms with Crippen molar-refractivity contribution in [2.45, 2.75) is 52.1 Å². The van der Waals surface area contributed by atoms with E-state index in [1.165, 1.54) is 32.1 Å². The van der Waals surface area contributed by atoms with Gasteiger partial charge in [-0.3, -0.25) is 0 Å². The van der Waals surface area contributed by atoms with E-state index in [1.54, 1.807) is 0 Å². The van der Waals surface area contributed by atoms with Gasteiger partial charge in [0.25, 0.3) is 0 Å². The van der Waals surface area contributed by atoms with E-state index in [0.29, 0.717) is 12.5 Å².